The zero-order valence-electron chi connectivity index (χ0n) is 14.7. The molecule has 1 aliphatic rings. The lowest BCUT2D eigenvalue weighted by Crippen LogP contribution is -2.30. The molecule has 1 amide bonds. The minimum Gasteiger partial charge on any atom is -0.477 e. The Morgan fingerprint density at radius 3 is 2.96 bits per heavy atom. The van der Waals surface area contributed by atoms with Gasteiger partial charge in [-0.25, -0.2) is 4.98 Å². The summed E-state index contributed by atoms with van der Waals surface area (Å²) in [7, 11) is 1.65. The fourth-order valence-electron chi connectivity index (χ4n) is 2.94. The van der Waals surface area contributed by atoms with Crippen molar-refractivity contribution in [1.29, 1.82) is 0 Å². The molecule has 3 rings (SSSR count). The number of carbonyl (C=O) groups excluding carboxylic acids is 1. The maximum atomic E-state index is 13.0. The van der Waals surface area contributed by atoms with Crippen molar-refractivity contribution in [3.8, 4) is 5.88 Å². The lowest BCUT2D eigenvalue weighted by molar-refractivity contribution is 0.0709. The van der Waals surface area contributed by atoms with Crippen LogP contribution in [0.3, 0.4) is 0 Å². The van der Waals surface area contributed by atoms with Gasteiger partial charge in [0, 0.05) is 26.4 Å². The summed E-state index contributed by atoms with van der Waals surface area (Å²) in [5.41, 5.74) is 1.27. The number of ether oxygens (including phenoxy) is 2. The fourth-order valence-corrected chi connectivity index (χ4v) is 2.94. The van der Waals surface area contributed by atoms with E-state index < -0.39 is 0 Å². The molecule has 0 aromatic carbocycles. The van der Waals surface area contributed by atoms with E-state index in [9.17, 15) is 4.79 Å². The lowest BCUT2D eigenvalue weighted by atomic mass is 10.0. The topological polar surface area (TPSA) is 93.2 Å². The van der Waals surface area contributed by atoms with Crippen molar-refractivity contribution in [2.75, 3.05) is 26.8 Å². The minimum absolute atomic E-state index is 0.00981. The molecule has 0 saturated carbocycles. The molecular weight excluding hydrogens is 322 g/mol. The highest BCUT2D eigenvalue weighted by molar-refractivity contribution is 5.96. The summed E-state index contributed by atoms with van der Waals surface area (Å²) < 4.78 is 11.3. The molecule has 0 aliphatic carbocycles. The maximum Gasteiger partial charge on any atom is 0.259 e. The van der Waals surface area contributed by atoms with Gasteiger partial charge in [0.05, 0.1) is 30.5 Å². The molecule has 8 nitrogen and oxygen atoms in total. The van der Waals surface area contributed by atoms with Crippen LogP contribution in [0, 0.1) is 5.92 Å². The van der Waals surface area contributed by atoms with Crippen LogP contribution in [0.15, 0.2) is 24.5 Å². The Kier molecular flexibility index (Phi) is 5.28. The van der Waals surface area contributed by atoms with Gasteiger partial charge in [-0.2, -0.15) is 15.4 Å². The number of methoxy groups -OCH3 is 1. The van der Waals surface area contributed by atoms with E-state index in [0.29, 0.717) is 37.1 Å². The highest BCUT2D eigenvalue weighted by Gasteiger charge is 2.38. The second-order valence-electron chi connectivity index (χ2n) is 6.55. The first kappa shape index (κ1) is 17.3. The number of hydrogen-bond donors (Lipinski definition) is 1. The van der Waals surface area contributed by atoms with Crippen molar-refractivity contribution in [3.63, 3.8) is 0 Å². The number of likely N-dealkylation sites (tertiary alicyclic amines) is 1. The zero-order chi connectivity index (χ0) is 17.8. The zero-order valence-corrected chi connectivity index (χ0v) is 14.7. The van der Waals surface area contributed by atoms with E-state index in [1.165, 1.54) is 0 Å². The van der Waals surface area contributed by atoms with Crippen LogP contribution in [0.4, 0.5) is 0 Å². The number of nitrogens with one attached hydrogen (secondary N) is 1. The summed E-state index contributed by atoms with van der Waals surface area (Å²) in [5, 5.41) is 10.6. The Morgan fingerprint density at radius 2 is 2.28 bits per heavy atom. The first-order valence-corrected chi connectivity index (χ1v) is 8.35. The molecule has 0 unspecified atom stereocenters. The highest BCUT2D eigenvalue weighted by atomic mass is 16.5. The number of pyridine rings is 1. The first-order valence-electron chi connectivity index (χ1n) is 8.35. The number of nitrogens with zero attached hydrogens (tertiary/aromatic N) is 4. The minimum atomic E-state index is -0.120. The summed E-state index contributed by atoms with van der Waals surface area (Å²) in [4.78, 5) is 19.0. The van der Waals surface area contributed by atoms with Gasteiger partial charge in [-0.15, -0.1) is 0 Å². The van der Waals surface area contributed by atoms with Crippen LogP contribution in [0.1, 0.15) is 35.8 Å². The van der Waals surface area contributed by atoms with E-state index in [2.05, 4.69) is 34.2 Å². The fraction of sp³-hybridized carbons (Fsp3) is 0.529. The maximum absolute atomic E-state index is 13.0. The molecular formula is C17H23N5O3. The molecule has 134 valence electrons. The predicted octanol–water partition coefficient (Wildman–Crippen LogP) is 1.49. The van der Waals surface area contributed by atoms with Gasteiger partial charge < -0.3 is 14.4 Å². The number of carbonyl (C=O) groups is 1. The van der Waals surface area contributed by atoms with Crippen LogP contribution < -0.4 is 4.74 Å². The van der Waals surface area contributed by atoms with Crippen LogP contribution in [0.2, 0.25) is 0 Å². The molecule has 0 bridgehead atoms. The van der Waals surface area contributed by atoms with E-state index >= 15 is 0 Å². The molecule has 0 spiro atoms. The van der Waals surface area contributed by atoms with E-state index in [0.717, 1.165) is 5.69 Å². The second kappa shape index (κ2) is 7.60. The number of hydrogen-bond acceptors (Lipinski definition) is 6. The number of amides is 1. The van der Waals surface area contributed by atoms with Gasteiger partial charge in [-0.05, 0) is 18.1 Å². The molecule has 1 fully saturated rings. The summed E-state index contributed by atoms with van der Waals surface area (Å²) >= 11 is 0. The molecule has 1 saturated heterocycles. The number of aromatic amines is 1. The summed E-state index contributed by atoms with van der Waals surface area (Å²) in [6.45, 7) is 5.63. The van der Waals surface area contributed by atoms with Crippen molar-refractivity contribution < 1.29 is 14.3 Å². The molecule has 1 N–H and O–H groups in total. The quantitative estimate of drug-likeness (QED) is 0.852. The Balaban J connectivity index is 1.77. The van der Waals surface area contributed by atoms with Crippen LogP contribution in [-0.2, 0) is 4.74 Å². The SMILES string of the molecule is CO[C@@H]1CN(C(=O)c2cccnc2OCC(C)C)C[C@H]1c1cn[nH]n1. The van der Waals surface area contributed by atoms with Gasteiger partial charge in [0.15, 0.2) is 0 Å². The van der Waals surface area contributed by atoms with Gasteiger partial charge in [0.25, 0.3) is 5.91 Å². The standard InChI is InChI=1S/C17H23N5O3/c1-11(2)10-25-16-12(5-4-6-18-16)17(23)22-8-13(15(9-22)24-3)14-7-19-21-20-14/h4-7,11,13,15H,8-10H2,1-3H3,(H,19,20,21)/t13-,15+/m0/s1. The van der Waals surface area contributed by atoms with Gasteiger partial charge in [-0.1, -0.05) is 13.8 Å². The van der Waals surface area contributed by atoms with Gasteiger partial charge in [-0.3, -0.25) is 4.79 Å². The van der Waals surface area contributed by atoms with Crippen molar-refractivity contribution in [2.45, 2.75) is 25.9 Å². The van der Waals surface area contributed by atoms with E-state index in [-0.39, 0.29) is 17.9 Å². The van der Waals surface area contributed by atoms with Crippen LogP contribution in [0.5, 0.6) is 5.88 Å². The Morgan fingerprint density at radius 1 is 1.44 bits per heavy atom. The van der Waals surface area contributed by atoms with E-state index in [4.69, 9.17) is 9.47 Å². The number of rotatable bonds is 6. The normalized spacial score (nSPS) is 20.2. The van der Waals surface area contributed by atoms with Crippen molar-refractivity contribution in [2.24, 2.45) is 5.92 Å². The highest BCUT2D eigenvalue weighted by Crippen LogP contribution is 2.30. The molecule has 1 aliphatic heterocycles. The molecule has 2 atom stereocenters. The van der Waals surface area contributed by atoms with Crippen LogP contribution >= 0.6 is 0 Å². The Bertz CT molecular complexity index is 704. The molecule has 2 aromatic rings. The monoisotopic (exact) mass is 345 g/mol. The summed E-state index contributed by atoms with van der Waals surface area (Å²) in [6, 6.07) is 3.49. The summed E-state index contributed by atoms with van der Waals surface area (Å²) in [6.07, 6.45) is 3.18. The van der Waals surface area contributed by atoms with E-state index in [1.54, 1.807) is 36.5 Å². The third kappa shape index (κ3) is 3.79. The number of H-pyrrole nitrogens is 1. The predicted molar refractivity (Wildman–Crippen MR) is 90.4 cm³/mol. The van der Waals surface area contributed by atoms with Gasteiger partial charge >= 0.3 is 0 Å². The third-order valence-corrected chi connectivity index (χ3v) is 4.22. The largest absolute Gasteiger partial charge is 0.477 e. The average molecular weight is 345 g/mol. The Hall–Kier alpha value is -2.48. The first-order chi connectivity index (χ1) is 12.1. The van der Waals surface area contributed by atoms with E-state index in [1.807, 2.05) is 0 Å². The van der Waals surface area contributed by atoms with Crippen molar-refractivity contribution in [1.82, 2.24) is 25.3 Å². The molecule has 8 heteroatoms. The van der Waals surface area contributed by atoms with Gasteiger partial charge in [0.2, 0.25) is 5.88 Å². The number of aromatic nitrogens is 4. The van der Waals surface area contributed by atoms with Gasteiger partial charge in [0.1, 0.15) is 5.56 Å². The van der Waals surface area contributed by atoms with Crippen molar-refractivity contribution in [3.05, 3.63) is 35.8 Å². The molecule has 0 radical (unpaired) electrons. The van der Waals surface area contributed by atoms with Crippen LogP contribution in [-0.4, -0.2) is 64.1 Å². The lowest BCUT2D eigenvalue weighted by Gasteiger charge is -2.18. The molecule has 3 heterocycles. The third-order valence-electron chi connectivity index (χ3n) is 4.22. The molecule has 25 heavy (non-hydrogen) atoms. The molecule has 2 aromatic heterocycles. The smallest absolute Gasteiger partial charge is 0.259 e. The average Bonchev–Trinajstić information content (AvgIpc) is 3.28. The summed E-state index contributed by atoms with van der Waals surface area (Å²) in [5.74, 6) is 0.607. The van der Waals surface area contributed by atoms with Crippen LogP contribution in [0.25, 0.3) is 0 Å². The Labute approximate surface area is 146 Å². The second-order valence-corrected chi connectivity index (χ2v) is 6.55. The van der Waals surface area contributed by atoms with Crippen molar-refractivity contribution >= 4 is 5.91 Å².